The van der Waals surface area contributed by atoms with Gasteiger partial charge in [0.15, 0.2) is 5.54 Å². The van der Waals surface area contributed by atoms with Gasteiger partial charge in [0.1, 0.15) is 5.75 Å². The fourth-order valence-corrected chi connectivity index (χ4v) is 5.70. The van der Waals surface area contributed by atoms with Crippen molar-refractivity contribution >= 4 is 11.9 Å². The number of aryl methyl sites for hydroxylation is 1. The molecule has 0 saturated carbocycles. The van der Waals surface area contributed by atoms with Crippen LogP contribution in [0, 0.1) is 6.92 Å². The van der Waals surface area contributed by atoms with Crippen LogP contribution in [0.25, 0.3) is 0 Å². The molecule has 2 saturated heterocycles. The molecule has 0 aromatic heterocycles. The van der Waals surface area contributed by atoms with Crippen LogP contribution in [0.3, 0.4) is 0 Å². The number of rotatable bonds is 5. The summed E-state index contributed by atoms with van der Waals surface area (Å²) in [6, 6.07) is 16.3. The lowest BCUT2D eigenvalue weighted by molar-refractivity contribution is -0.133. The Morgan fingerprint density at radius 3 is 2.58 bits per heavy atom. The van der Waals surface area contributed by atoms with E-state index in [9.17, 15) is 9.59 Å². The van der Waals surface area contributed by atoms with Crippen LogP contribution in [-0.4, -0.2) is 54.0 Å². The number of nitrogens with one attached hydrogen (secondary N) is 1. The topological polar surface area (TPSA) is 61.9 Å². The number of fused-ring (bicyclic) bond motifs is 2. The molecule has 2 fully saturated rings. The van der Waals surface area contributed by atoms with Gasteiger partial charge in [-0.15, -0.1) is 0 Å². The third-order valence-corrected chi connectivity index (χ3v) is 7.41. The SMILES string of the molecule is Cc1ccc2c(c1)[C@@]1(CC(C)O2)NC(=O)N(CCCN2CCC(c3ccccc3)CC2)C1=O. The number of hydrogen-bond acceptors (Lipinski definition) is 4. The average Bonchev–Trinajstić information content (AvgIpc) is 3.05. The summed E-state index contributed by atoms with van der Waals surface area (Å²) in [6.45, 7) is 7.41. The van der Waals surface area contributed by atoms with Gasteiger partial charge >= 0.3 is 6.03 Å². The van der Waals surface area contributed by atoms with Gasteiger partial charge in [-0.25, -0.2) is 4.79 Å². The highest BCUT2D eigenvalue weighted by Crippen LogP contribution is 2.43. The Morgan fingerprint density at radius 1 is 1.06 bits per heavy atom. The largest absolute Gasteiger partial charge is 0.490 e. The van der Waals surface area contributed by atoms with Gasteiger partial charge in [-0.1, -0.05) is 42.0 Å². The highest BCUT2D eigenvalue weighted by Gasteiger charge is 2.56. The maximum atomic E-state index is 13.6. The minimum Gasteiger partial charge on any atom is -0.490 e. The Hall–Kier alpha value is -2.86. The van der Waals surface area contributed by atoms with E-state index in [1.807, 2.05) is 32.0 Å². The molecular weight excluding hydrogens is 414 g/mol. The number of nitrogens with zero attached hydrogens (tertiary/aromatic N) is 2. The zero-order chi connectivity index (χ0) is 23.0. The summed E-state index contributed by atoms with van der Waals surface area (Å²) in [4.78, 5) is 30.3. The molecule has 0 radical (unpaired) electrons. The second-order valence-electron chi connectivity index (χ2n) is 9.80. The zero-order valence-electron chi connectivity index (χ0n) is 19.5. The molecule has 3 aliphatic heterocycles. The molecule has 1 unspecified atom stereocenters. The summed E-state index contributed by atoms with van der Waals surface area (Å²) in [5.74, 6) is 1.18. The van der Waals surface area contributed by atoms with Crippen LogP contribution in [0.15, 0.2) is 48.5 Å². The normalized spacial score (nSPS) is 25.8. The number of hydrogen-bond donors (Lipinski definition) is 1. The van der Waals surface area contributed by atoms with Gasteiger partial charge in [-0.3, -0.25) is 9.69 Å². The molecule has 33 heavy (non-hydrogen) atoms. The molecule has 2 aromatic rings. The van der Waals surface area contributed by atoms with Crippen molar-refractivity contribution in [1.82, 2.24) is 15.1 Å². The van der Waals surface area contributed by atoms with Crippen molar-refractivity contribution in [3.05, 3.63) is 65.2 Å². The maximum absolute atomic E-state index is 13.6. The van der Waals surface area contributed by atoms with Crippen LogP contribution in [-0.2, 0) is 10.3 Å². The maximum Gasteiger partial charge on any atom is 0.325 e. The van der Waals surface area contributed by atoms with Gasteiger partial charge in [0.05, 0.1) is 6.10 Å². The zero-order valence-corrected chi connectivity index (χ0v) is 19.5. The van der Waals surface area contributed by atoms with E-state index in [1.165, 1.54) is 10.5 Å². The first-order valence-electron chi connectivity index (χ1n) is 12.2. The lowest BCUT2D eigenvalue weighted by atomic mass is 9.81. The Balaban J connectivity index is 1.20. The van der Waals surface area contributed by atoms with Crippen molar-refractivity contribution in [3.8, 4) is 5.75 Å². The van der Waals surface area contributed by atoms with E-state index in [-0.39, 0.29) is 18.0 Å². The molecule has 0 aliphatic carbocycles. The summed E-state index contributed by atoms with van der Waals surface area (Å²) < 4.78 is 5.96. The molecule has 2 atom stereocenters. The molecular formula is C27H33N3O3. The third kappa shape index (κ3) is 4.12. The highest BCUT2D eigenvalue weighted by molar-refractivity contribution is 6.08. The van der Waals surface area contributed by atoms with Gasteiger partial charge in [-0.2, -0.15) is 0 Å². The molecule has 3 heterocycles. The number of likely N-dealkylation sites (tertiary alicyclic amines) is 1. The smallest absolute Gasteiger partial charge is 0.325 e. The van der Waals surface area contributed by atoms with Crippen LogP contribution in [0.4, 0.5) is 4.79 Å². The van der Waals surface area contributed by atoms with Crippen LogP contribution in [0.1, 0.15) is 55.2 Å². The number of amides is 3. The predicted octanol–water partition coefficient (Wildman–Crippen LogP) is 4.18. The van der Waals surface area contributed by atoms with E-state index < -0.39 is 5.54 Å². The standard InChI is InChI=1S/C27H33N3O3/c1-19-9-10-24-23(17-19)27(18-20(2)33-24)25(31)30(26(32)28-27)14-6-13-29-15-11-22(12-16-29)21-7-4-3-5-8-21/h3-5,7-10,17,20,22H,6,11-16,18H2,1-2H3,(H,28,32)/t20?,27-/m1/s1. The summed E-state index contributed by atoms with van der Waals surface area (Å²) in [5, 5.41) is 3.04. The number of carbonyl (C=O) groups excluding carboxylic acids is 2. The second kappa shape index (κ2) is 8.82. The number of ether oxygens (including phenoxy) is 1. The van der Waals surface area contributed by atoms with Crippen molar-refractivity contribution in [2.24, 2.45) is 0 Å². The summed E-state index contributed by atoms with van der Waals surface area (Å²) >= 11 is 0. The van der Waals surface area contributed by atoms with Crippen molar-refractivity contribution in [1.29, 1.82) is 0 Å². The first-order valence-corrected chi connectivity index (χ1v) is 12.2. The highest BCUT2D eigenvalue weighted by atomic mass is 16.5. The van der Waals surface area contributed by atoms with E-state index >= 15 is 0 Å². The first-order chi connectivity index (χ1) is 16.0. The predicted molar refractivity (Wildman–Crippen MR) is 127 cm³/mol. The van der Waals surface area contributed by atoms with Gasteiger partial charge in [0, 0.05) is 18.5 Å². The fourth-order valence-electron chi connectivity index (χ4n) is 5.70. The molecule has 174 valence electrons. The molecule has 6 heteroatoms. The molecule has 6 nitrogen and oxygen atoms in total. The molecule has 5 rings (SSSR count). The summed E-state index contributed by atoms with van der Waals surface area (Å²) in [7, 11) is 0. The number of benzene rings is 2. The molecule has 3 aliphatic rings. The van der Waals surface area contributed by atoms with Gasteiger partial charge in [0.2, 0.25) is 0 Å². The minimum absolute atomic E-state index is 0.141. The number of piperidine rings is 1. The number of carbonyl (C=O) groups is 2. The quantitative estimate of drug-likeness (QED) is 0.699. The van der Waals surface area contributed by atoms with Crippen LogP contribution in [0.5, 0.6) is 5.75 Å². The Morgan fingerprint density at radius 2 is 1.82 bits per heavy atom. The fraction of sp³-hybridized carbons (Fsp3) is 0.481. The monoisotopic (exact) mass is 447 g/mol. The van der Waals surface area contributed by atoms with E-state index in [2.05, 4.69) is 40.5 Å². The van der Waals surface area contributed by atoms with Gasteiger partial charge in [-0.05, 0) is 76.4 Å². The summed E-state index contributed by atoms with van der Waals surface area (Å²) in [5.41, 5.74) is 2.25. The van der Waals surface area contributed by atoms with Crippen molar-refractivity contribution in [2.45, 2.75) is 57.1 Å². The first kappa shape index (κ1) is 22.0. The van der Waals surface area contributed by atoms with Gasteiger partial charge in [0.25, 0.3) is 5.91 Å². The van der Waals surface area contributed by atoms with Crippen molar-refractivity contribution < 1.29 is 14.3 Å². The molecule has 1 spiro atoms. The van der Waals surface area contributed by atoms with E-state index in [4.69, 9.17) is 4.74 Å². The Kier molecular flexibility index (Phi) is 5.87. The van der Waals surface area contributed by atoms with Gasteiger partial charge < -0.3 is 15.0 Å². The lowest BCUT2D eigenvalue weighted by Gasteiger charge is -2.37. The van der Waals surface area contributed by atoms with E-state index in [0.29, 0.717) is 24.6 Å². The number of urea groups is 1. The van der Waals surface area contributed by atoms with Crippen LogP contribution >= 0.6 is 0 Å². The number of imide groups is 1. The van der Waals surface area contributed by atoms with Crippen molar-refractivity contribution in [2.75, 3.05) is 26.2 Å². The minimum atomic E-state index is -1.01. The summed E-state index contributed by atoms with van der Waals surface area (Å²) in [6.07, 6.45) is 3.42. The average molecular weight is 448 g/mol. The Bertz CT molecular complexity index is 1030. The van der Waals surface area contributed by atoms with E-state index in [1.54, 1.807) is 0 Å². The lowest BCUT2D eigenvalue weighted by Crippen LogP contribution is -2.50. The van der Waals surface area contributed by atoms with Crippen LogP contribution in [0.2, 0.25) is 0 Å². The van der Waals surface area contributed by atoms with Crippen molar-refractivity contribution in [3.63, 3.8) is 0 Å². The second-order valence-corrected chi connectivity index (χ2v) is 9.80. The molecule has 1 N–H and O–H groups in total. The van der Waals surface area contributed by atoms with Crippen LogP contribution < -0.4 is 10.1 Å². The molecule has 0 bridgehead atoms. The third-order valence-electron chi connectivity index (χ3n) is 7.41. The Labute approximate surface area is 195 Å². The van der Waals surface area contributed by atoms with E-state index in [0.717, 1.165) is 50.0 Å². The molecule has 3 amide bonds. The molecule has 2 aromatic carbocycles.